The van der Waals surface area contributed by atoms with E-state index in [0.29, 0.717) is 22.8 Å². The Labute approximate surface area is 128 Å². The quantitative estimate of drug-likeness (QED) is 0.835. The Morgan fingerprint density at radius 1 is 1.29 bits per heavy atom. The Hall–Kier alpha value is -2.20. The number of benzene rings is 2. The highest BCUT2D eigenvalue weighted by Gasteiger charge is 2.07. The van der Waals surface area contributed by atoms with Crippen LogP contribution in [0.2, 0.25) is 5.02 Å². The molecule has 3 N–H and O–H groups in total. The lowest BCUT2D eigenvalue weighted by Gasteiger charge is -2.07. The number of ether oxygens (including phenoxy) is 1. The van der Waals surface area contributed by atoms with Crippen LogP contribution in [-0.2, 0) is 6.42 Å². The maximum Gasteiger partial charge on any atom is 0.251 e. The Morgan fingerprint density at radius 3 is 2.81 bits per heavy atom. The second-order valence-electron chi connectivity index (χ2n) is 4.59. The van der Waals surface area contributed by atoms with Gasteiger partial charge in [-0.05, 0) is 42.3 Å². The van der Waals surface area contributed by atoms with E-state index in [1.165, 1.54) is 0 Å². The van der Waals surface area contributed by atoms with Crippen LogP contribution in [0.4, 0.5) is 5.69 Å². The highest BCUT2D eigenvalue weighted by atomic mass is 35.5. The summed E-state index contributed by atoms with van der Waals surface area (Å²) in [5, 5.41) is 3.30. The lowest BCUT2D eigenvalue weighted by Crippen LogP contribution is -2.25. The number of nitrogens with one attached hydrogen (secondary N) is 1. The molecule has 1 amide bonds. The number of hydrogen-bond donors (Lipinski definition) is 2. The maximum absolute atomic E-state index is 12.0. The molecule has 21 heavy (non-hydrogen) atoms. The molecule has 110 valence electrons. The zero-order chi connectivity index (χ0) is 15.2. The van der Waals surface area contributed by atoms with Gasteiger partial charge in [-0.1, -0.05) is 23.7 Å². The van der Waals surface area contributed by atoms with E-state index in [2.05, 4.69) is 5.32 Å². The number of hydrogen-bond acceptors (Lipinski definition) is 3. The Morgan fingerprint density at radius 2 is 2.10 bits per heavy atom. The molecule has 0 saturated carbocycles. The molecule has 2 rings (SSSR count). The number of carbonyl (C=O) groups excluding carboxylic acids is 1. The zero-order valence-corrected chi connectivity index (χ0v) is 12.5. The summed E-state index contributed by atoms with van der Waals surface area (Å²) in [6, 6.07) is 12.6. The minimum atomic E-state index is -0.165. The standard InChI is InChI=1S/C16H17ClN2O2/c1-21-13-4-2-3-11(9-13)7-8-19-16(20)12-5-6-14(17)15(18)10-12/h2-6,9-10H,7-8,18H2,1H3,(H,19,20). The van der Waals surface area contributed by atoms with Gasteiger partial charge in [-0.3, -0.25) is 4.79 Å². The monoisotopic (exact) mass is 304 g/mol. The molecule has 0 fully saturated rings. The van der Waals surface area contributed by atoms with Crippen molar-refractivity contribution in [1.29, 1.82) is 0 Å². The largest absolute Gasteiger partial charge is 0.497 e. The molecule has 0 saturated heterocycles. The molecule has 2 aromatic rings. The Kier molecular flexibility index (Phi) is 5.06. The number of nitrogens with two attached hydrogens (primary N) is 1. The van der Waals surface area contributed by atoms with Crippen molar-refractivity contribution >= 4 is 23.2 Å². The number of rotatable bonds is 5. The zero-order valence-electron chi connectivity index (χ0n) is 11.7. The fourth-order valence-electron chi connectivity index (χ4n) is 1.94. The summed E-state index contributed by atoms with van der Waals surface area (Å²) in [6.45, 7) is 0.536. The van der Waals surface area contributed by atoms with Crippen LogP contribution >= 0.6 is 11.6 Å². The minimum absolute atomic E-state index is 0.165. The van der Waals surface area contributed by atoms with E-state index in [1.807, 2.05) is 24.3 Å². The molecule has 0 spiro atoms. The van der Waals surface area contributed by atoms with Gasteiger partial charge in [0.1, 0.15) is 5.75 Å². The van der Waals surface area contributed by atoms with Gasteiger partial charge in [-0.15, -0.1) is 0 Å². The van der Waals surface area contributed by atoms with E-state index in [1.54, 1.807) is 25.3 Å². The van der Waals surface area contributed by atoms with Gasteiger partial charge in [0, 0.05) is 12.1 Å². The molecular formula is C16H17ClN2O2. The normalized spacial score (nSPS) is 10.2. The fraction of sp³-hybridized carbons (Fsp3) is 0.188. The first-order chi connectivity index (χ1) is 10.1. The van der Waals surface area contributed by atoms with Crippen molar-refractivity contribution in [2.45, 2.75) is 6.42 Å². The summed E-state index contributed by atoms with van der Waals surface area (Å²) < 4.78 is 5.16. The van der Waals surface area contributed by atoms with Gasteiger partial charge in [0.25, 0.3) is 5.91 Å². The Balaban J connectivity index is 1.90. The highest BCUT2D eigenvalue weighted by Crippen LogP contribution is 2.19. The number of carbonyl (C=O) groups is 1. The number of amides is 1. The number of methoxy groups -OCH3 is 1. The van der Waals surface area contributed by atoms with Crippen molar-refractivity contribution in [3.63, 3.8) is 0 Å². The fourth-order valence-corrected chi connectivity index (χ4v) is 2.05. The third kappa shape index (κ3) is 4.13. The van der Waals surface area contributed by atoms with Crippen molar-refractivity contribution in [1.82, 2.24) is 5.32 Å². The van der Waals surface area contributed by atoms with Crippen molar-refractivity contribution < 1.29 is 9.53 Å². The van der Waals surface area contributed by atoms with E-state index in [0.717, 1.165) is 17.7 Å². The number of halogens is 1. The Bertz CT molecular complexity index is 644. The number of nitrogen functional groups attached to an aromatic ring is 1. The molecule has 2 aromatic carbocycles. The van der Waals surface area contributed by atoms with Gasteiger partial charge < -0.3 is 15.8 Å². The van der Waals surface area contributed by atoms with Crippen molar-refractivity contribution in [2.75, 3.05) is 19.4 Å². The SMILES string of the molecule is COc1cccc(CCNC(=O)c2ccc(Cl)c(N)c2)c1. The highest BCUT2D eigenvalue weighted by molar-refractivity contribution is 6.33. The van der Waals surface area contributed by atoms with Crippen molar-refractivity contribution in [2.24, 2.45) is 0 Å². The molecule has 0 radical (unpaired) electrons. The van der Waals surface area contributed by atoms with Crippen LogP contribution < -0.4 is 15.8 Å². The second-order valence-corrected chi connectivity index (χ2v) is 5.00. The summed E-state index contributed by atoms with van der Waals surface area (Å²) in [6.07, 6.45) is 0.728. The summed E-state index contributed by atoms with van der Waals surface area (Å²) >= 11 is 5.83. The smallest absolute Gasteiger partial charge is 0.251 e. The van der Waals surface area contributed by atoms with Gasteiger partial charge >= 0.3 is 0 Å². The molecule has 0 aliphatic rings. The summed E-state index contributed by atoms with van der Waals surface area (Å²) in [5.41, 5.74) is 7.69. The van der Waals surface area contributed by atoms with E-state index in [-0.39, 0.29) is 5.91 Å². The molecule has 0 bridgehead atoms. The minimum Gasteiger partial charge on any atom is -0.497 e. The predicted octanol–water partition coefficient (Wildman–Crippen LogP) is 2.90. The predicted molar refractivity (Wildman–Crippen MR) is 84.9 cm³/mol. The summed E-state index contributed by atoms with van der Waals surface area (Å²) in [4.78, 5) is 12.0. The van der Waals surface area contributed by atoms with Crippen molar-refractivity contribution in [3.05, 3.63) is 58.6 Å². The van der Waals surface area contributed by atoms with E-state index >= 15 is 0 Å². The van der Waals surface area contributed by atoms with Crippen molar-refractivity contribution in [3.8, 4) is 5.75 Å². The van der Waals surface area contributed by atoms with E-state index in [4.69, 9.17) is 22.1 Å². The van der Waals surface area contributed by atoms with Gasteiger partial charge in [-0.2, -0.15) is 0 Å². The average Bonchev–Trinajstić information content (AvgIpc) is 2.50. The summed E-state index contributed by atoms with van der Waals surface area (Å²) in [7, 11) is 1.63. The first kappa shape index (κ1) is 15.2. The molecule has 0 unspecified atom stereocenters. The lowest BCUT2D eigenvalue weighted by molar-refractivity contribution is 0.0954. The van der Waals surface area contributed by atoms with Gasteiger partial charge in [0.2, 0.25) is 0 Å². The third-order valence-electron chi connectivity index (χ3n) is 3.09. The second kappa shape index (κ2) is 6.99. The van der Waals surface area contributed by atoms with Gasteiger partial charge in [-0.25, -0.2) is 0 Å². The molecule has 0 heterocycles. The van der Waals surface area contributed by atoms with Crippen LogP contribution in [-0.4, -0.2) is 19.6 Å². The first-order valence-corrected chi connectivity index (χ1v) is 6.94. The van der Waals surface area contributed by atoms with Gasteiger partial charge in [0.05, 0.1) is 17.8 Å². The maximum atomic E-state index is 12.0. The summed E-state index contributed by atoms with van der Waals surface area (Å²) in [5.74, 6) is 0.644. The van der Waals surface area contributed by atoms with Crippen LogP contribution in [0, 0.1) is 0 Å². The molecule has 0 atom stereocenters. The topological polar surface area (TPSA) is 64.3 Å². The van der Waals surface area contributed by atoms with Gasteiger partial charge in [0.15, 0.2) is 0 Å². The molecular weight excluding hydrogens is 288 g/mol. The molecule has 4 nitrogen and oxygen atoms in total. The molecule has 0 aromatic heterocycles. The molecule has 0 aliphatic carbocycles. The average molecular weight is 305 g/mol. The number of anilines is 1. The molecule has 0 aliphatic heterocycles. The lowest BCUT2D eigenvalue weighted by atomic mass is 10.1. The van der Waals surface area contributed by atoms with Crippen LogP contribution in [0.5, 0.6) is 5.75 Å². The van der Waals surface area contributed by atoms with Crippen LogP contribution in [0.1, 0.15) is 15.9 Å². The molecule has 5 heteroatoms. The van der Waals surface area contributed by atoms with E-state index in [9.17, 15) is 4.79 Å². The van der Waals surface area contributed by atoms with Crippen LogP contribution in [0.25, 0.3) is 0 Å². The van der Waals surface area contributed by atoms with E-state index < -0.39 is 0 Å². The third-order valence-corrected chi connectivity index (χ3v) is 3.44. The van der Waals surface area contributed by atoms with Crippen LogP contribution in [0.3, 0.4) is 0 Å². The van der Waals surface area contributed by atoms with Crippen LogP contribution in [0.15, 0.2) is 42.5 Å². The first-order valence-electron chi connectivity index (χ1n) is 6.56.